The third-order valence-corrected chi connectivity index (χ3v) is 2.22. The van der Waals surface area contributed by atoms with Crippen molar-refractivity contribution in [3.8, 4) is 0 Å². The third kappa shape index (κ3) is 4.28. The molecule has 0 aromatic heterocycles. The van der Waals surface area contributed by atoms with Crippen molar-refractivity contribution in [3.63, 3.8) is 0 Å². The zero-order chi connectivity index (χ0) is 12.9. The predicted octanol–water partition coefficient (Wildman–Crippen LogP) is 0.209. The number of carbonyl (C=O) groups excluding carboxylic acids is 2. The summed E-state index contributed by atoms with van der Waals surface area (Å²) in [4.78, 5) is 23.1. The Morgan fingerprint density at radius 2 is 1.75 bits per heavy atom. The van der Waals surface area contributed by atoms with Gasteiger partial charge in [0.05, 0.1) is 6.10 Å². The molecule has 1 amide bonds. The number of hydrogen-bond donors (Lipinski definition) is 2. The van der Waals surface area contributed by atoms with Gasteiger partial charge in [-0.25, -0.2) is 0 Å². The highest BCUT2D eigenvalue weighted by Crippen LogP contribution is 2.15. The average molecular weight is 230 g/mol. The standard InChI is InChI=1S/C11H22N2O3/c1-7(2)5-11(13,10(12)15)9(14)6-16-8(3)4/h7-8H,5-6,13H2,1-4H3,(H2,12,15)/t11-/m1/s1. The maximum atomic E-state index is 11.8. The van der Waals surface area contributed by atoms with Crippen molar-refractivity contribution in [2.45, 2.75) is 45.8 Å². The van der Waals surface area contributed by atoms with E-state index in [1.807, 2.05) is 13.8 Å². The van der Waals surface area contributed by atoms with Gasteiger partial charge in [0, 0.05) is 0 Å². The fourth-order valence-corrected chi connectivity index (χ4v) is 1.37. The highest BCUT2D eigenvalue weighted by Gasteiger charge is 2.40. The van der Waals surface area contributed by atoms with E-state index < -0.39 is 17.2 Å². The van der Waals surface area contributed by atoms with Crippen molar-refractivity contribution >= 4 is 11.7 Å². The maximum absolute atomic E-state index is 11.8. The Labute approximate surface area is 96.5 Å². The van der Waals surface area contributed by atoms with Crippen LogP contribution in [0.1, 0.15) is 34.1 Å². The number of carbonyl (C=O) groups is 2. The number of primary amides is 1. The molecule has 4 N–H and O–H groups in total. The fourth-order valence-electron chi connectivity index (χ4n) is 1.37. The first-order valence-corrected chi connectivity index (χ1v) is 5.43. The minimum Gasteiger partial charge on any atom is -0.371 e. The second-order valence-corrected chi connectivity index (χ2v) is 4.72. The zero-order valence-corrected chi connectivity index (χ0v) is 10.4. The van der Waals surface area contributed by atoms with Crippen LogP contribution in [0.25, 0.3) is 0 Å². The van der Waals surface area contributed by atoms with Crippen LogP contribution in [0.4, 0.5) is 0 Å². The normalized spacial score (nSPS) is 15.2. The van der Waals surface area contributed by atoms with Gasteiger partial charge in [0.25, 0.3) is 0 Å². The molecule has 0 aromatic rings. The largest absolute Gasteiger partial charge is 0.371 e. The molecule has 5 nitrogen and oxygen atoms in total. The Morgan fingerprint density at radius 3 is 2.06 bits per heavy atom. The molecule has 0 heterocycles. The minimum atomic E-state index is -1.61. The lowest BCUT2D eigenvalue weighted by molar-refractivity contribution is -0.138. The third-order valence-electron chi connectivity index (χ3n) is 2.22. The molecule has 0 radical (unpaired) electrons. The summed E-state index contributed by atoms with van der Waals surface area (Å²) in [6.07, 6.45) is 0.155. The molecule has 1 atom stereocenters. The Morgan fingerprint density at radius 1 is 1.25 bits per heavy atom. The summed E-state index contributed by atoms with van der Waals surface area (Å²) in [5.41, 5.74) is 9.35. The molecule has 94 valence electrons. The molecule has 5 heteroatoms. The molecule has 0 aliphatic rings. The monoisotopic (exact) mass is 230 g/mol. The van der Waals surface area contributed by atoms with Gasteiger partial charge in [-0.2, -0.15) is 0 Å². The van der Waals surface area contributed by atoms with Crippen molar-refractivity contribution in [3.05, 3.63) is 0 Å². The predicted molar refractivity (Wildman–Crippen MR) is 61.7 cm³/mol. The van der Waals surface area contributed by atoms with Gasteiger partial charge >= 0.3 is 0 Å². The second-order valence-electron chi connectivity index (χ2n) is 4.72. The van der Waals surface area contributed by atoms with Crippen LogP contribution in [0.2, 0.25) is 0 Å². The van der Waals surface area contributed by atoms with Crippen LogP contribution < -0.4 is 11.5 Å². The summed E-state index contributed by atoms with van der Waals surface area (Å²) in [6.45, 7) is 7.18. The van der Waals surface area contributed by atoms with Crippen LogP contribution in [-0.2, 0) is 14.3 Å². The quantitative estimate of drug-likeness (QED) is 0.611. The van der Waals surface area contributed by atoms with Gasteiger partial charge in [-0.15, -0.1) is 0 Å². The van der Waals surface area contributed by atoms with Gasteiger partial charge in [0.1, 0.15) is 6.61 Å². The maximum Gasteiger partial charge on any atom is 0.245 e. The molecule has 0 rings (SSSR count). The lowest BCUT2D eigenvalue weighted by atomic mass is 9.85. The molecule has 0 aromatic carbocycles. The van der Waals surface area contributed by atoms with Crippen LogP contribution in [0, 0.1) is 5.92 Å². The first-order chi connectivity index (χ1) is 7.20. The minimum absolute atomic E-state index is 0.0832. The van der Waals surface area contributed by atoms with Gasteiger partial charge in [-0.05, 0) is 26.2 Å². The van der Waals surface area contributed by atoms with E-state index in [9.17, 15) is 9.59 Å². The molecule has 0 aliphatic carbocycles. The van der Waals surface area contributed by atoms with Crippen molar-refractivity contribution in [2.24, 2.45) is 17.4 Å². The number of Topliss-reactive ketones (excluding diaryl/α,β-unsaturated/α-hetero) is 1. The summed E-state index contributed by atoms with van der Waals surface area (Å²) in [7, 11) is 0. The molecule has 0 bridgehead atoms. The van der Waals surface area contributed by atoms with Crippen molar-refractivity contribution in [2.75, 3.05) is 6.61 Å². The average Bonchev–Trinajstić information content (AvgIpc) is 2.12. The number of rotatable bonds is 7. The molecule has 0 fully saturated rings. The van der Waals surface area contributed by atoms with Crippen molar-refractivity contribution in [1.29, 1.82) is 0 Å². The lowest BCUT2D eigenvalue weighted by Crippen LogP contribution is -2.60. The van der Waals surface area contributed by atoms with Crippen LogP contribution >= 0.6 is 0 Å². The molecule has 0 spiro atoms. The van der Waals surface area contributed by atoms with E-state index in [2.05, 4.69) is 0 Å². The molecule has 0 aliphatic heterocycles. The van der Waals surface area contributed by atoms with E-state index in [4.69, 9.17) is 16.2 Å². The van der Waals surface area contributed by atoms with Gasteiger partial charge < -0.3 is 16.2 Å². The van der Waals surface area contributed by atoms with E-state index in [1.165, 1.54) is 0 Å². The number of amides is 1. The summed E-state index contributed by atoms with van der Waals surface area (Å²) in [5.74, 6) is -1.14. The Balaban J connectivity index is 4.64. The molecule has 0 unspecified atom stereocenters. The van der Waals surface area contributed by atoms with Crippen LogP contribution in [0.5, 0.6) is 0 Å². The Bertz CT molecular complexity index is 264. The summed E-state index contributed by atoms with van der Waals surface area (Å²) >= 11 is 0. The Hall–Kier alpha value is -0.940. The topological polar surface area (TPSA) is 95.4 Å². The number of nitrogens with two attached hydrogens (primary N) is 2. The van der Waals surface area contributed by atoms with Crippen LogP contribution in [-0.4, -0.2) is 29.9 Å². The van der Waals surface area contributed by atoms with Crippen molar-refractivity contribution < 1.29 is 14.3 Å². The van der Waals surface area contributed by atoms with Crippen molar-refractivity contribution in [1.82, 2.24) is 0 Å². The van der Waals surface area contributed by atoms with E-state index in [1.54, 1.807) is 13.8 Å². The Kier molecular flexibility index (Phi) is 5.61. The first kappa shape index (κ1) is 15.1. The van der Waals surface area contributed by atoms with E-state index in [-0.39, 0.29) is 25.0 Å². The highest BCUT2D eigenvalue weighted by atomic mass is 16.5. The SMILES string of the molecule is CC(C)C[C@](N)(C(N)=O)C(=O)COC(C)C. The van der Waals surface area contributed by atoms with Crippen LogP contribution in [0.3, 0.4) is 0 Å². The fraction of sp³-hybridized carbons (Fsp3) is 0.818. The molecule has 0 saturated carbocycles. The highest BCUT2D eigenvalue weighted by molar-refractivity contribution is 6.10. The summed E-state index contributed by atoms with van der Waals surface area (Å²) in [5, 5.41) is 0. The zero-order valence-electron chi connectivity index (χ0n) is 10.4. The van der Waals surface area contributed by atoms with Gasteiger partial charge in [-0.3, -0.25) is 9.59 Å². The molecule has 16 heavy (non-hydrogen) atoms. The summed E-state index contributed by atoms with van der Waals surface area (Å²) < 4.78 is 5.14. The molecular weight excluding hydrogens is 208 g/mol. The second kappa shape index (κ2) is 5.96. The van der Waals surface area contributed by atoms with Crippen LogP contribution in [0.15, 0.2) is 0 Å². The molecular formula is C11H22N2O3. The van der Waals surface area contributed by atoms with Gasteiger partial charge in [0.2, 0.25) is 5.91 Å². The van der Waals surface area contributed by atoms with Gasteiger partial charge in [-0.1, -0.05) is 13.8 Å². The first-order valence-electron chi connectivity index (χ1n) is 5.43. The van der Waals surface area contributed by atoms with Gasteiger partial charge in [0.15, 0.2) is 11.3 Å². The molecule has 0 saturated heterocycles. The van der Waals surface area contributed by atoms with E-state index in [0.717, 1.165) is 0 Å². The lowest BCUT2D eigenvalue weighted by Gasteiger charge is -2.26. The van der Waals surface area contributed by atoms with E-state index in [0.29, 0.717) is 0 Å². The smallest absolute Gasteiger partial charge is 0.245 e. The van der Waals surface area contributed by atoms with E-state index >= 15 is 0 Å². The number of hydrogen-bond acceptors (Lipinski definition) is 4. The summed E-state index contributed by atoms with van der Waals surface area (Å²) in [6, 6.07) is 0. The number of ketones is 1. The number of ether oxygens (including phenoxy) is 1.